The lowest BCUT2D eigenvalue weighted by Gasteiger charge is -2.23. The van der Waals surface area contributed by atoms with E-state index in [1.165, 1.54) is 38.9 Å². The van der Waals surface area contributed by atoms with Crippen LogP contribution in [0.3, 0.4) is 0 Å². The van der Waals surface area contributed by atoms with Crippen molar-refractivity contribution in [1.29, 1.82) is 0 Å². The zero-order chi connectivity index (χ0) is 28.3. The number of aromatic nitrogens is 5. The minimum Gasteiger partial charge on any atom is -0.494 e. The molecule has 1 N–H and O–H groups in total. The summed E-state index contributed by atoms with van der Waals surface area (Å²) in [5, 5.41) is 6.93. The number of hydrogen-bond acceptors (Lipinski definition) is 9. The van der Waals surface area contributed by atoms with E-state index in [9.17, 15) is 17.2 Å². The van der Waals surface area contributed by atoms with Crippen LogP contribution in [0, 0.1) is 18.6 Å². The van der Waals surface area contributed by atoms with E-state index in [2.05, 4.69) is 24.9 Å². The summed E-state index contributed by atoms with van der Waals surface area (Å²) < 4.78 is 75.2. The van der Waals surface area contributed by atoms with Crippen molar-refractivity contribution < 1.29 is 31.4 Å². The number of benzene rings is 2. The van der Waals surface area contributed by atoms with Crippen molar-refractivity contribution >= 4 is 16.0 Å². The maximum Gasteiger partial charge on any atom is 0.243 e. The zero-order valence-electron chi connectivity index (χ0n) is 21.7. The topological polar surface area (TPSA) is 130 Å². The first-order valence-electron chi connectivity index (χ1n) is 11.6. The van der Waals surface area contributed by atoms with E-state index < -0.39 is 33.0 Å². The highest BCUT2D eigenvalue weighted by atomic mass is 32.2. The fourth-order valence-corrected chi connectivity index (χ4v) is 5.01. The molecular formula is C25H26F2N6O5S. The molecule has 206 valence electrons. The van der Waals surface area contributed by atoms with Crippen molar-refractivity contribution in [2.24, 2.45) is 0 Å². The average Bonchev–Trinajstić information content (AvgIpc) is 3.33. The van der Waals surface area contributed by atoms with Crippen molar-refractivity contribution in [2.75, 3.05) is 26.1 Å². The van der Waals surface area contributed by atoms with Gasteiger partial charge in [0.1, 0.15) is 28.5 Å². The van der Waals surface area contributed by atoms with Gasteiger partial charge in [0.05, 0.1) is 14.2 Å². The van der Waals surface area contributed by atoms with Gasteiger partial charge in [-0.3, -0.25) is 9.29 Å². The third-order valence-electron chi connectivity index (χ3n) is 5.92. The molecule has 0 bridgehead atoms. The number of hydrogen-bond donors (Lipinski definition) is 1. The van der Waals surface area contributed by atoms with Crippen LogP contribution in [-0.4, -0.2) is 59.7 Å². The Hall–Kier alpha value is -4.17. The summed E-state index contributed by atoms with van der Waals surface area (Å²) in [7, 11) is -0.0534. The second-order valence-electron chi connectivity index (χ2n) is 8.45. The average molecular weight is 561 g/mol. The molecule has 0 fully saturated rings. The number of nitrogens with one attached hydrogen (secondary N) is 1. The summed E-state index contributed by atoms with van der Waals surface area (Å²) in [6.45, 7) is 3.23. The predicted octanol–water partition coefficient (Wildman–Crippen LogP) is 3.85. The molecule has 0 spiro atoms. The van der Waals surface area contributed by atoms with Crippen LogP contribution in [0.2, 0.25) is 0 Å². The van der Waals surface area contributed by atoms with Crippen molar-refractivity contribution in [3.63, 3.8) is 0 Å². The summed E-state index contributed by atoms with van der Waals surface area (Å²) in [5.41, 5.74) is 1.14. The molecule has 0 amide bonds. The number of ether oxygens (including phenoxy) is 3. The Morgan fingerprint density at radius 1 is 0.949 bits per heavy atom. The Balaban J connectivity index is 1.86. The van der Waals surface area contributed by atoms with E-state index in [-0.39, 0.29) is 40.3 Å². The maximum atomic E-state index is 14.2. The molecule has 39 heavy (non-hydrogen) atoms. The number of aryl methyl sites for hydroxylation is 1. The SMILES string of the molecule is COc1cccc(OC)c1-n1c(NS(=O)(=O)C(C)C(OC)c2ncc(C)cn2)nnc1-c1ccc(F)c(F)c1. The third kappa shape index (κ3) is 5.52. The van der Waals surface area contributed by atoms with Gasteiger partial charge in [0.25, 0.3) is 0 Å². The molecule has 0 aliphatic carbocycles. The molecule has 0 saturated carbocycles. The van der Waals surface area contributed by atoms with Crippen LogP contribution < -0.4 is 14.2 Å². The van der Waals surface area contributed by atoms with Crippen LogP contribution >= 0.6 is 0 Å². The van der Waals surface area contributed by atoms with E-state index in [4.69, 9.17) is 14.2 Å². The van der Waals surface area contributed by atoms with Crippen LogP contribution in [-0.2, 0) is 14.8 Å². The van der Waals surface area contributed by atoms with Gasteiger partial charge in [-0.15, -0.1) is 10.2 Å². The quantitative estimate of drug-likeness (QED) is 0.307. The highest BCUT2D eigenvalue weighted by Gasteiger charge is 2.35. The lowest BCUT2D eigenvalue weighted by atomic mass is 10.2. The van der Waals surface area contributed by atoms with Gasteiger partial charge < -0.3 is 14.2 Å². The van der Waals surface area contributed by atoms with E-state index >= 15 is 0 Å². The molecule has 2 aromatic heterocycles. The zero-order valence-corrected chi connectivity index (χ0v) is 22.5. The molecule has 0 saturated heterocycles. The molecule has 14 heteroatoms. The first-order valence-corrected chi connectivity index (χ1v) is 13.1. The molecule has 2 aromatic carbocycles. The Kier molecular flexibility index (Phi) is 8.06. The summed E-state index contributed by atoms with van der Waals surface area (Å²) in [4.78, 5) is 8.40. The highest BCUT2D eigenvalue weighted by Crippen LogP contribution is 2.38. The number of nitrogens with zero attached hydrogens (tertiary/aromatic N) is 5. The molecule has 0 aliphatic rings. The van der Waals surface area contributed by atoms with Gasteiger partial charge >= 0.3 is 0 Å². The molecule has 2 unspecified atom stereocenters. The second-order valence-corrected chi connectivity index (χ2v) is 10.5. The van der Waals surface area contributed by atoms with Crippen LogP contribution in [0.15, 0.2) is 48.8 Å². The van der Waals surface area contributed by atoms with Crippen LogP contribution in [0.25, 0.3) is 17.1 Å². The number of methoxy groups -OCH3 is 3. The lowest BCUT2D eigenvalue weighted by Crippen LogP contribution is -2.33. The summed E-state index contributed by atoms with van der Waals surface area (Å²) in [6.07, 6.45) is 2.09. The second kappa shape index (κ2) is 11.3. The van der Waals surface area contributed by atoms with E-state index in [0.717, 1.165) is 17.7 Å². The number of para-hydroxylation sites is 1. The van der Waals surface area contributed by atoms with Crippen LogP contribution in [0.5, 0.6) is 11.5 Å². The van der Waals surface area contributed by atoms with Crippen LogP contribution in [0.4, 0.5) is 14.7 Å². The van der Waals surface area contributed by atoms with Crippen molar-refractivity contribution in [3.8, 4) is 28.6 Å². The molecule has 4 rings (SSSR count). The molecule has 11 nitrogen and oxygen atoms in total. The maximum absolute atomic E-state index is 14.2. The first-order chi connectivity index (χ1) is 18.6. The van der Waals surface area contributed by atoms with Gasteiger partial charge in [-0.25, -0.2) is 27.2 Å². The standard InChI is InChI=1S/C25H26F2N6O5S/c1-14-12-28-23(29-13-14)22(38-5)15(2)39(34,35)32-25-31-30-24(16-9-10-17(26)18(27)11-16)33(25)21-19(36-3)7-6-8-20(21)37-4/h6-13,15,22H,1-5H3,(H,31,32). The Bertz CT molecular complexity index is 1560. The normalized spacial score (nSPS) is 13.1. The number of halogens is 2. The third-order valence-corrected chi connectivity index (χ3v) is 7.62. The van der Waals surface area contributed by atoms with E-state index in [1.807, 2.05) is 0 Å². The monoisotopic (exact) mass is 560 g/mol. The molecule has 2 atom stereocenters. The van der Waals surface area contributed by atoms with Gasteiger partial charge in [0.2, 0.25) is 16.0 Å². The van der Waals surface area contributed by atoms with Gasteiger partial charge in [-0.1, -0.05) is 6.07 Å². The van der Waals surface area contributed by atoms with Crippen molar-refractivity contribution in [2.45, 2.75) is 25.2 Å². The Morgan fingerprint density at radius 3 is 2.15 bits per heavy atom. The minimum atomic E-state index is -4.23. The number of rotatable bonds is 10. The van der Waals surface area contributed by atoms with Gasteiger partial charge in [0, 0.05) is 25.1 Å². The van der Waals surface area contributed by atoms with E-state index in [0.29, 0.717) is 0 Å². The lowest BCUT2D eigenvalue weighted by molar-refractivity contribution is 0.0949. The fraction of sp³-hybridized carbons (Fsp3) is 0.280. The number of anilines is 1. The molecule has 0 aliphatic heterocycles. The van der Waals surface area contributed by atoms with Crippen molar-refractivity contribution in [1.82, 2.24) is 24.7 Å². The van der Waals surface area contributed by atoms with Gasteiger partial charge in [-0.2, -0.15) is 0 Å². The van der Waals surface area contributed by atoms with Gasteiger partial charge in [0.15, 0.2) is 23.3 Å². The number of sulfonamides is 1. The molecular weight excluding hydrogens is 534 g/mol. The largest absolute Gasteiger partial charge is 0.494 e. The summed E-state index contributed by atoms with van der Waals surface area (Å²) in [5.74, 6) is -1.72. The minimum absolute atomic E-state index is 0.00721. The molecule has 4 aromatic rings. The van der Waals surface area contributed by atoms with E-state index in [1.54, 1.807) is 37.5 Å². The first kappa shape index (κ1) is 27.9. The smallest absolute Gasteiger partial charge is 0.243 e. The predicted molar refractivity (Wildman–Crippen MR) is 138 cm³/mol. The van der Waals surface area contributed by atoms with Crippen molar-refractivity contribution in [3.05, 3.63) is 71.8 Å². The van der Waals surface area contributed by atoms with Crippen LogP contribution in [0.1, 0.15) is 24.4 Å². The Morgan fingerprint density at radius 2 is 1.59 bits per heavy atom. The highest BCUT2D eigenvalue weighted by molar-refractivity contribution is 7.93. The molecule has 2 heterocycles. The summed E-state index contributed by atoms with van der Waals surface area (Å²) >= 11 is 0. The van der Waals surface area contributed by atoms with Gasteiger partial charge in [-0.05, 0) is 49.7 Å². The summed E-state index contributed by atoms with van der Waals surface area (Å²) in [6, 6.07) is 8.04. The fourth-order valence-electron chi connectivity index (χ4n) is 3.88. The molecule has 0 radical (unpaired) electrons. The Labute approximate surface area is 223 Å².